The molecule has 1 amide bonds. The van der Waals surface area contributed by atoms with Crippen molar-refractivity contribution in [2.24, 2.45) is 0 Å². The van der Waals surface area contributed by atoms with Crippen LogP contribution in [0.25, 0.3) is 5.65 Å². The Hall–Kier alpha value is -2.82. The van der Waals surface area contributed by atoms with Gasteiger partial charge < -0.3 is 10.1 Å². The first-order valence-electron chi connectivity index (χ1n) is 6.74. The van der Waals surface area contributed by atoms with E-state index in [4.69, 9.17) is 4.74 Å². The van der Waals surface area contributed by atoms with Crippen molar-refractivity contribution in [2.75, 3.05) is 11.9 Å². The van der Waals surface area contributed by atoms with Gasteiger partial charge >= 0.3 is 0 Å². The van der Waals surface area contributed by atoms with Crippen molar-refractivity contribution in [1.82, 2.24) is 9.38 Å². The zero-order valence-electron chi connectivity index (χ0n) is 11.6. The minimum Gasteiger partial charge on any atom is -0.494 e. The molecule has 5 nitrogen and oxygen atoms in total. The number of amides is 1. The third-order valence-corrected chi connectivity index (χ3v) is 3.08. The number of imidazole rings is 1. The number of anilines is 1. The Labute approximate surface area is 122 Å². The summed E-state index contributed by atoms with van der Waals surface area (Å²) in [6, 6.07) is 12.7. The van der Waals surface area contributed by atoms with E-state index in [1.165, 1.54) is 0 Å². The van der Waals surface area contributed by atoms with Crippen LogP contribution in [0.15, 0.2) is 54.9 Å². The van der Waals surface area contributed by atoms with Crippen LogP contribution in [0, 0.1) is 0 Å². The van der Waals surface area contributed by atoms with E-state index in [0.29, 0.717) is 12.3 Å². The van der Waals surface area contributed by atoms with Gasteiger partial charge in [0.1, 0.15) is 17.1 Å². The fourth-order valence-electron chi connectivity index (χ4n) is 2.13. The highest BCUT2D eigenvalue weighted by Gasteiger charge is 2.10. The van der Waals surface area contributed by atoms with E-state index in [1.54, 1.807) is 22.9 Å². The smallest absolute Gasteiger partial charge is 0.272 e. The minimum absolute atomic E-state index is 0.178. The Morgan fingerprint density at radius 1 is 1.24 bits per heavy atom. The number of aromatic nitrogens is 2. The number of hydrogen-bond acceptors (Lipinski definition) is 3. The van der Waals surface area contributed by atoms with Gasteiger partial charge in [0.25, 0.3) is 5.91 Å². The van der Waals surface area contributed by atoms with E-state index in [2.05, 4.69) is 10.3 Å². The molecule has 5 heteroatoms. The van der Waals surface area contributed by atoms with Crippen molar-refractivity contribution in [3.05, 3.63) is 60.6 Å². The molecule has 0 saturated heterocycles. The number of fused-ring (bicyclic) bond motifs is 1. The molecule has 0 spiro atoms. The number of nitrogens with zero attached hydrogens (tertiary/aromatic N) is 2. The molecular weight excluding hydrogens is 266 g/mol. The van der Waals surface area contributed by atoms with E-state index in [9.17, 15) is 4.79 Å². The highest BCUT2D eigenvalue weighted by atomic mass is 16.5. The first-order chi connectivity index (χ1) is 10.3. The predicted octanol–water partition coefficient (Wildman–Crippen LogP) is 2.99. The Bertz CT molecular complexity index is 763. The molecule has 0 atom stereocenters. The van der Waals surface area contributed by atoms with Gasteiger partial charge in [-0.05, 0) is 43.3 Å². The van der Waals surface area contributed by atoms with Gasteiger partial charge in [-0.25, -0.2) is 4.98 Å². The van der Waals surface area contributed by atoms with Gasteiger partial charge in [-0.1, -0.05) is 6.07 Å². The number of benzene rings is 1. The molecule has 0 unspecified atom stereocenters. The molecule has 1 N–H and O–H groups in total. The van der Waals surface area contributed by atoms with Crippen molar-refractivity contribution >= 4 is 17.2 Å². The summed E-state index contributed by atoms with van der Waals surface area (Å²) in [5, 5.41) is 2.87. The summed E-state index contributed by atoms with van der Waals surface area (Å²) < 4.78 is 7.13. The van der Waals surface area contributed by atoms with Crippen molar-refractivity contribution in [3.8, 4) is 5.75 Å². The molecule has 0 fully saturated rings. The summed E-state index contributed by atoms with van der Waals surface area (Å²) >= 11 is 0. The fraction of sp³-hybridized carbons (Fsp3) is 0.125. The summed E-state index contributed by atoms with van der Waals surface area (Å²) in [5.74, 6) is 0.606. The summed E-state index contributed by atoms with van der Waals surface area (Å²) in [5.41, 5.74) is 2.01. The number of carbonyl (C=O) groups is 1. The lowest BCUT2D eigenvalue weighted by Gasteiger charge is -2.08. The van der Waals surface area contributed by atoms with Crippen LogP contribution in [-0.2, 0) is 0 Å². The lowest BCUT2D eigenvalue weighted by Crippen LogP contribution is -2.15. The quantitative estimate of drug-likeness (QED) is 0.800. The maximum atomic E-state index is 12.3. The summed E-state index contributed by atoms with van der Waals surface area (Å²) in [7, 11) is 0. The maximum absolute atomic E-state index is 12.3. The van der Waals surface area contributed by atoms with Crippen LogP contribution < -0.4 is 10.1 Å². The SMILES string of the molecule is CCOc1ccc(NC(=O)c2cccc3nccn23)cc1. The van der Waals surface area contributed by atoms with Gasteiger partial charge in [0, 0.05) is 18.1 Å². The van der Waals surface area contributed by atoms with Gasteiger partial charge in [0.05, 0.1) is 6.61 Å². The van der Waals surface area contributed by atoms with E-state index in [-0.39, 0.29) is 5.91 Å². The van der Waals surface area contributed by atoms with Crippen molar-refractivity contribution in [3.63, 3.8) is 0 Å². The van der Waals surface area contributed by atoms with Crippen LogP contribution in [0.5, 0.6) is 5.75 Å². The predicted molar refractivity (Wildman–Crippen MR) is 80.8 cm³/mol. The number of nitrogens with one attached hydrogen (secondary N) is 1. The Balaban J connectivity index is 1.81. The monoisotopic (exact) mass is 281 g/mol. The summed E-state index contributed by atoms with van der Waals surface area (Å²) in [6.45, 7) is 2.55. The molecule has 2 aromatic heterocycles. The third-order valence-electron chi connectivity index (χ3n) is 3.08. The number of ether oxygens (including phenoxy) is 1. The molecule has 3 aromatic rings. The van der Waals surface area contributed by atoms with E-state index >= 15 is 0 Å². The number of hydrogen-bond donors (Lipinski definition) is 1. The number of pyridine rings is 1. The van der Waals surface area contributed by atoms with Crippen LogP contribution in [0.3, 0.4) is 0 Å². The molecule has 21 heavy (non-hydrogen) atoms. The second-order valence-electron chi connectivity index (χ2n) is 4.48. The number of carbonyl (C=O) groups excluding carboxylic acids is 1. The molecule has 106 valence electrons. The first-order valence-corrected chi connectivity index (χ1v) is 6.74. The largest absolute Gasteiger partial charge is 0.494 e. The van der Waals surface area contributed by atoms with Crippen molar-refractivity contribution in [2.45, 2.75) is 6.92 Å². The molecule has 0 saturated carbocycles. The van der Waals surface area contributed by atoms with Crippen molar-refractivity contribution < 1.29 is 9.53 Å². The van der Waals surface area contributed by atoms with E-state index in [0.717, 1.165) is 17.1 Å². The van der Waals surface area contributed by atoms with Gasteiger partial charge in [0.2, 0.25) is 0 Å². The Kier molecular flexibility index (Phi) is 3.55. The summed E-state index contributed by atoms with van der Waals surface area (Å²) in [4.78, 5) is 16.5. The molecular formula is C16H15N3O2. The fourth-order valence-corrected chi connectivity index (χ4v) is 2.13. The van der Waals surface area contributed by atoms with Crippen molar-refractivity contribution in [1.29, 1.82) is 0 Å². The second-order valence-corrected chi connectivity index (χ2v) is 4.48. The molecule has 1 aromatic carbocycles. The first kappa shape index (κ1) is 13.2. The second kappa shape index (κ2) is 5.66. The Morgan fingerprint density at radius 2 is 2.05 bits per heavy atom. The summed E-state index contributed by atoms with van der Waals surface area (Å²) in [6.07, 6.45) is 3.44. The highest BCUT2D eigenvalue weighted by molar-refractivity contribution is 6.03. The molecule has 0 radical (unpaired) electrons. The van der Waals surface area contributed by atoms with Gasteiger partial charge in [-0.15, -0.1) is 0 Å². The third kappa shape index (κ3) is 2.72. The molecule has 0 aliphatic heterocycles. The van der Waals surface area contributed by atoms with Crippen LogP contribution in [0.4, 0.5) is 5.69 Å². The van der Waals surface area contributed by atoms with Crippen LogP contribution in [0.1, 0.15) is 17.4 Å². The van der Waals surface area contributed by atoms with E-state index in [1.807, 2.05) is 43.3 Å². The van der Waals surface area contributed by atoms with Gasteiger partial charge in [-0.3, -0.25) is 9.20 Å². The Morgan fingerprint density at radius 3 is 2.81 bits per heavy atom. The average Bonchev–Trinajstić information content (AvgIpc) is 2.98. The topological polar surface area (TPSA) is 55.6 Å². The standard InChI is InChI=1S/C16H15N3O2/c1-2-21-13-8-6-12(7-9-13)18-16(20)14-4-3-5-15-17-10-11-19(14)15/h3-11H,2H2,1H3,(H,18,20). The maximum Gasteiger partial charge on any atom is 0.272 e. The molecule has 2 heterocycles. The lowest BCUT2D eigenvalue weighted by atomic mass is 10.2. The van der Waals surface area contributed by atoms with Gasteiger partial charge in [0.15, 0.2) is 0 Å². The molecule has 0 aliphatic rings. The van der Waals surface area contributed by atoms with Crippen LogP contribution >= 0.6 is 0 Å². The zero-order chi connectivity index (χ0) is 14.7. The zero-order valence-corrected chi connectivity index (χ0v) is 11.6. The van der Waals surface area contributed by atoms with E-state index < -0.39 is 0 Å². The molecule has 3 rings (SSSR count). The van der Waals surface area contributed by atoms with Crippen LogP contribution in [0.2, 0.25) is 0 Å². The lowest BCUT2D eigenvalue weighted by molar-refractivity contribution is 0.102. The van der Waals surface area contributed by atoms with Gasteiger partial charge in [-0.2, -0.15) is 0 Å². The molecule has 0 bridgehead atoms. The van der Waals surface area contributed by atoms with Crippen LogP contribution in [-0.4, -0.2) is 21.9 Å². The molecule has 0 aliphatic carbocycles. The highest BCUT2D eigenvalue weighted by Crippen LogP contribution is 2.16. The minimum atomic E-state index is -0.178. The normalized spacial score (nSPS) is 10.5. The average molecular weight is 281 g/mol. The number of rotatable bonds is 4.